The number of anilines is 1. The molecule has 2 aromatic carbocycles. The zero-order valence-electron chi connectivity index (χ0n) is 13.0. The molecule has 1 N–H and O–H groups in total. The number of esters is 1. The van der Waals surface area contributed by atoms with E-state index in [9.17, 15) is 14.4 Å². The summed E-state index contributed by atoms with van der Waals surface area (Å²) < 4.78 is 4.98. The number of benzene rings is 2. The van der Waals surface area contributed by atoms with E-state index >= 15 is 0 Å². The van der Waals surface area contributed by atoms with Crippen LogP contribution in [0.25, 0.3) is 0 Å². The van der Waals surface area contributed by atoms with E-state index in [1.165, 1.54) is 0 Å². The molecule has 2 aromatic rings. The first-order chi connectivity index (χ1) is 11.6. The molecule has 0 atom stereocenters. The van der Waals surface area contributed by atoms with Crippen molar-refractivity contribution in [1.29, 1.82) is 0 Å². The lowest BCUT2D eigenvalue weighted by molar-refractivity contribution is -0.144. The molecule has 0 aromatic heterocycles. The third-order valence-corrected chi connectivity index (χ3v) is 3.76. The van der Waals surface area contributed by atoms with Gasteiger partial charge in [-0.1, -0.05) is 18.2 Å². The van der Waals surface area contributed by atoms with Crippen molar-refractivity contribution in [2.75, 3.05) is 11.9 Å². The van der Waals surface area contributed by atoms with Crippen molar-refractivity contribution in [1.82, 2.24) is 0 Å². The lowest BCUT2D eigenvalue weighted by Crippen LogP contribution is -2.15. The number of carbonyl (C=O) groups excluding carboxylic acids is 3. The Morgan fingerprint density at radius 3 is 2.21 bits per heavy atom. The van der Waals surface area contributed by atoms with Crippen molar-refractivity contribution in [2.45, 2.75) is 12.8 Å². The zero-order valence-corrected chi connectivity index (χ0v) is 13.0. The summed E-state index contributed by atoms with van der Waals surface area (Å²) >= 11 is 0. The molecular weight excluding hydrogens is 306 g/mol. The van der Waals surface area contributed by atoms with Crippen LogP contribution < -0.4 is 5.32 Å². The predicted octanol–water partition coefficient (Wildman–Crippen LogP) is 3.07. The van der Waals surface area contributed by atoms with E-state index in [2.05, 4.69) is 5.32 Å². The Hall–Kier alpha value is -2.95. The lowest BCUT2D eigenvalue weighted by atomic mass is 10.1. The number of nitrogens with one attached hydrogen (secondary N) is 1. The molecule has 122 valence electrons. The second kappa shape index (κ2) is 7.08. The van der Waals surface area contributed by atoms with Gasteiger partial charge in [-0.15, -0.1) is 0 Å². The minimum Gasteiger partial charge on any atom is -0.457 e. The number of rotatable bonds is 6. The summed E-state index contributed by atoms with van der Waals surface area (Å²) in [6, 6.07) is 15.4. The molecule has 1 saturated carbocycles. The second-order valence-corrected chi connectivity index (χ2v) is 5.70. The van der Waals surface area contributed by atoms with E-state index in [0.29, 0.717) is 16.8 Å². The molecule has 0 spiro atoms. The molecule has 0 aliphatic heterocycles. The van der Waals surface area contributed by atoms with E-state index in [1.54, 1.807) is 48.5 Å². The van der Waals surface area contributed by atoms with Gasteiger partial charge < -0.3 is 10.1 Å². The summed E-state index contributed by atoms with van der Waals surface area (Å²) in [6.45, 7) is -0.245. The van der Waals surface area contributed by atoms with Gasteiger partial charge in [0.2, 0.25) is 0 Å². The maximum Gasteiger partial charge on any atom is 0.309 e. The van der Waals surface area contributed by atoms with Crippen molar-refractivity contribution in [3.05, 3.63) is 65.7 Å². The van der Waals surface area contributed by atoms with Crippen molar-refractivity contribution in [3.63, 3.8) is 0 Å². The monoisotopic (exact) mass is 323 g/mol. The lowest BCUT2D eigenvalue weighted by Gasteiger charge is -2.07. The molecule has 1 amide bonds. The SMILES string of the molecule is O=C(COC(=O)C1CC1)c1ccc(NC(=O)c2ccccc2)cc1. The largest absolute Gasteiger partial charge is 0.457 e. The number of ketones is 1. The van der Waals surface area contributed by atoms with Gasteiger partial charge in [-0.2, -0.15) is 0 Å². The number of carbonyl (C=O) groups is 3. The van der Waals surface area contributed by atoms with Crippen LogP contribution in [-0.4, -0.2) is 24.3 Å². The molecule has 5 heteroatoms. The number of Topliss-reactive ketones (excluding diaryl/α,β-unsaturated/α-hetero) is 1. The summed E-state index contributed by atoms with van der Waals surface area (Å²) in [5, 5.41) is 2.76. The van der Waals surface area contributed by atoms with Gasteiger partial charge in [-0.05, 0) is 49.2 Å². The summed E-state index contributed by atoms with van der Waals surface area (Å²) in [7, 11) is 0. The molecular formula is C19H17NO4. The first-order valence-electron chi connectivity index (χ1n) is 7.80. The molecule has 5 nitrogen and oxygen atoms in total. The van der Waals surface area contributed by atoms with Crippen LogP contribution in [0.2, 0.25) is 0 Å². The number of ether oxygens (including phenoxy) is 1. The third-order valence-electron chi connectivity index (χ3n) is 3.76. The first-order valence-corrected chi connectivity index (χ1v) is 7.80. The van der Waals surface area contributed by atoms with Crippen LogP contribution >= 0.6 is 0 Å². The molecule has 1 fully saturated rings. The quantitative estimate of drug-likeness (QED) is 0.655. The fourth-order valence-corrected chi connectivity index (χ4v) is 2.19. The van der Waals surface area contributed by atoms with Crippen molar-refractivity contribution in [2.24, 2.45) is 5.92 Å². The maximum atomic E-state index is 12.0. The minimum atomic E-state index is -0.296. The molecule has 0 heterocycles. The van der Waals surface area contributed by atoms with Crippen molar-refractivity contribution in [3.8, 4) is 0 Å². The summed E-state index contributed by atoms with van der Waals surface area (Å²) in [4.78, 5) is 35.5. The first kappa shape index (κ1) is 15.9. The van der Waals surface area contributed by atoms with Gasteiger partial charge in [-0.25, -0.2) is 0 Å². The Bertz CT molecular complexity index is 749. The fraction of sp³-hybridized carbons (Fsp3) is 0.211. The zero-order chi connectivity index (χ0) is 16.9. The van der Waals surface area contributed by atoms with E-state index in [-0.39, 0.29) is 30.2 Å². The Kier molecular flexibility index (Phi) is 4.70. The van der Waals surface area contributed by atoms with Gasteiger partial charge in [0.1, 0.15) is 0 Å². The average Bonchev–Trinajstić information content (AvgIpc) is 3.46. The smallest absolute Gasteiger partial charge is 0.309 e. The van der Waals surface area contributed by atoms with E-state index in [1.807, 2.05) is 6.07 Å². The van der Waals surface area contributed by atoms with E-state index in [0.717, 1.165) is 12.8 Å². The van der Waals surface area contributed by atoms with Gasteiger partial charge in [0, 0.05) is 16.8 Å². The molecule has 0 unspecified atom stereocenters. The molecule has 24 heavy (non-hydrogen) atoms. The molecule has 0 saturated heterocycles. The summed E-state index contributed by atoms with van der Waals surface area (Å²) in [6.07, 6.45) is 1.70. The summed E-state index contributed by atoms with van der Waals surface area (Å²) in [5.41, 5.74) is 1.59. The van der Waals surface area contributed by atoms with Crippen LogP contribution in [0.4, 0.5) is 5.69 Å². The minimum absolute atomic E-state index is 0.0200. The van der Waals surface area contributed by atoms with Crippen LogP contribution in [-0.2, 0) is 9.53 Å². The van der Waals surface area contributed by atoms with Gasteiger partial charge in [0.15, 0.2) is 12.4 Å². The normalized spacial score (nSPS) is 13.2. The number of amides is 1. The molecule has 1 aliphatic rings. The Balaban J connectivity index is 1.55. The van der Waals surface area contributed by atoms with Crippen LogP contribution in [0.3, 0.4) is 0 Å². The predicted molar refractivity (Wildman–Crippen MR) is 88.9 cm³/mol. The standard InChI is InChI=1S/C19H17NO4/c21-17(12-24-19(23)15-6-7-15)13-8-10-16(11-9-13)20-18(22)14-4-2-1-3-5-14/h1-5,8-11,15H,6-7,12H2,(H,20,22). The third kappa shape index (κ3) is 4.07. The number of hydrogen-bond donors (Lipinski definition) is 1. The van der Waals surface area contributed by atoms with Gasteiger partial charge in [0.05, 0.1) is 5.92 Å². The highest BCUT2D eigenvalue weighted by molar-refractivity contribution is 6.04. The van der Waals surface area contributed by atoms with Crippen molar-refractivity contribution >= 4 is 23.3 Å². The van der Waals surface area contributed by atoms with Crippen LogP contribution in [0, 0.1) is 5.92 Å². The molecule has 1 aliphatic carbocycles. The number of hydrogen-bond acceptors (Lipinski definition) is 4. The average molecular weight is 323 g/mol. The van der Waals surface area contributed by atoms with Crippen LogP contribution in [0.5, 0.6) is 0 Å². The van der Waals surface area contributed by atoms with E-state index < -0.39 is 0 Å². The van der Waals surface area contributed by atoms with Crippen LogP contribution in [0.1, 0.15) is 33.6 Å². The highest BCUT2D eigenvalue weighted by atomic mass is 16.5. The molecule has 0 radical (unpaired) electrons. The van der Waals surface area contributed by atoms with E-state index in [4.69, 9.17) is 4.74 Å². The Morgan fingerprint density at radius 1 is 0.917 bits per heavy atom. The topological polar surface area (TPSA) is 72.5 Å². The summed E-state index contributed by atoms with van der Waals surface area (Å²) in [5.74, 6) is -0.790. The second-order valence-electron chi connectivity index (χ2n) is 5.70. The molecule has 0 bridgehead atoms. The Labute approximate surface area is 139 Å². The van der Waals surface area contributed by atoms with Gasteiger partial charge in [-0.3, -0.25) is 14.4 Å². The highest BCUT2D eigenvalue weighted by Crippen LogP contribution is 2.30. The van der Waals surface area contributed by atoms with Crippen molar-refractivity contribution < 1.29 is 19.1 Å². The van der Waals surface area contributed by atoms with Crippen LogP contribution in [0.15, 0.2) is 54.6 Å². The van der Waals surface area contributed by atoms with Gasteiger partial charge >= 0.3 is 5.97 Å². The highest BCUT2D eigenvalue weighted by Gasteiger charge is 2.31. The molecule has 3 rings (SSSR count). The maximum absolute atomic E-state index is 12.0. The Morgan fingerprint density at radius 2 is 1.58 bits per heavy atom. The van der Waals surface area contributed by atoms with Gasteiger partial charge in [0.25, 0.3) is 5.91 Å². The fourth-order valence-electron chi connectivity index (χ4n) is 2.19.